The molecule has 0 radical (unpaired) electrons. The molecule has 0 aliphatic carbocycles. The van der Waals surface area contributed by atoms with Crippen LogP contribution in [-0.4, -0.2) is 54.2 Å². The highest BCUT2D eigenvalue weighted by Gasteiger charge is 2.34. The van der Waals surface area contributed by atoms with Crippen LogP contribution in [0.15, 0.2) is 22.8 Å². The summed E-state index contributed by atoms with van der Waals surface area (Å²) in [6.07, 6.45) is -3.39. The van der Waals surface area contributed by atoms with Gasteiger partial charge in [-0.3, -0.25) is 4.79 Å². The summed E-state index contributed by atoms with van der Waals surface area (Å²) in [6, 6.07) is 1.87. The molecule has 0 bridgehead atoms. The van der Waals surface area contributed by atoms with E-state index in [-0.39, 0.29) is 37.8 Å². The molecule has 1 fully saturated rings. The maximum atomic E-state index is 12.0. The summed E-state index contributed by atoms with van der Waals surface area (Å²) in [7, 11) is 0. The number of urea groups is 1. The number of hydrogen-bond acceptors (Lipinski definition) is 3. The first-order valence-corrected chi connectivity index (χ1v) is 5.83. The summed E-state index contributed by atoms with van der Waals surface area (Å²) in [5, 5.41) is 0.925. The first kappa shape index (κ1) is 14.2. The van der Waals surface area contributed by atoms with Gasteiger partial charge in [0.2, 0.25) is 0 Å². The number of nitrogens with zero attached hydrogens (tertiary/aromatic N) is 2. The molecule has 1 aliphatic heterocycles. The zero-order valence-electron chi connectivity index (χ0n) is 10.3. The van der Waals surface area contributed by atoms with Crippen molar-refractivity contribution in [2.24, 2.45) is 0 Å². The lowest BCUT2D eigenvalue weighted by Crippen LogP contribution is -2.55. The summed E-state index contributed by atoms with van der Waals surface area (Å²) >= 11 is 0. The third-order valence-electron chi connectivity index (χ3n) is 2.83. The number of hydrogen-bond donors (Lipinski definition) is 1. The zero-order chi connectivity index (χ0) is 14.8. The van der Waals surface area contributed by atoms with Crippen molar-refractivity contribution in [2.45, 2.75) is 6.30 Å². The SMILES string of the molecule is O=C(NC(F)(F)F)N1CCN(C(=O)c2ccco2)CC1. The minimum absolute atomic E-state index is 0.0361. The molecule has 3 amide bonds. The fourth-order valence-corrected chi connectivity index (χ4v) is 1.87. The molecule has 2 heterocycles. The van der Waals surface area contributed by atoms with Crippen LogP contribution in [0.25, 0.3) is 0 Å². The molecule has 1 aromatic heterocycles. The molecule has 1 aliphatic rings. The molecule has 0 aromatic carbocycles. The van der Waals surface area contributed by atoms with Crippen molar-refractivity contribution in [3.8, 4) is 0 Å². The molecule has 0 unspecified atom stereocenters. The van der Waals surface area contributed by atoms with Gasteiger partial charge in [0.05, 0.1) is 6.26 Å². The monoisotopic (exact) mass is 291 g/mol. The Morgan fingerprint density at radius 3 is 2.25 bits per heavy atom. The molecule has 1 saturated heterocycles. The van der Waals surface area contributed by atoms with Gasteiger partial charge in [-0.1, -0.05) is 0 Å². The second kappa shape index (κ2) is 5.43. The lowest BCUT2D eigenvalue weighted by Gasteiger charge is -2.34. The highest BCUT2D eigenvalue weighted by atomic mass is 19.4. The minimum atomic E-state index is -4.75. The van der Waals surface area contributed by atoms with E-state index in [2.05, 4.69) is 0 Å². The van der Waals surface area contributed by atoms with Gasteiger partial charge in [-0.25, -0.2) is 10.1 Å². The predicted molar refractivity (Wildman–Crippen MR) is 60.8 cm³/mol. The van der Waals surface area contributed by atoms with Crippen LogP contribution in [0, 0.1) is 0 Å². The number of carbonyl (C=O) groups excluding carboxylic acids is 2. The molecule has 2 rings (SSSR count). The fourth-order valence-electron chi connectivity index (χ4n) is 1.87. The number of carbonyl (C=O) groups is 2. The Labute approximate surface area is 112 Å². The molecule has 9 heteroatoms. The average molecular weight is 291 g/mol. The van der Waals surface area contributed by atoms with Crippen molar-refractivity contribution >= 4 is 11.9 Å². The van der Waals surface area contributed by atoms with E-state index in [0.717, 1.165) is 10.2 Å². The second-order valence-electron chi connectivity index (χ2n) is 4.18. The Morgan fingerprint density at radius 1 is 1.15 bits per heavy atom. The first-order valence-electron chi connectivity index (χ1n) is 5.83. The van der Waals surface area contributed by atoms with Gasteiger partial charge in [0.1, 0.15) is 0 Å². The van der Waals surface area contributed by atoms with Gasteiger partial charge in [0, 0.05) is 26.2 Å². The van der Waals surface area contributed by atoms with Crippen molar-refractivity contribution in [3.63, 3.8) is 0 Å². The number of alkyl halides is 3. The summed E-state index contributed by atoms with van der Waals surface area (Å²) in [5.74, 6) is -0.177. The Bertz CT molecular complexity index is 479. The van der Waals surface area contributed by atoms with Crippen molar-refractivity contribution in [2.75, 3.05) is 26.2 Å². The van der Waals surface area contributed by atoms with Gasteiger partial charge in [-0.05, 0) is 12.1 Å². The lowest BCUT2D eigenvalue weighted by atomic mass is 10.3. The number of nitrogens with one attached hydrogen (secondary N) is 1. The van der Waals surface area contributed by atoms with Crippen molar-refractivity contribution in [1.29, 1.82) is 0 Å². The second-order valence-corrected chi connectivity index (χ2v) is 4.18. The normalized spacial score (nSPS) is 16.1. The molecule has 0 atom stereocenters. The van der Waals surface area contributed by atoms with Crippen LogP contribution in [0.1, 0.15) is 10.6 Å². The van der Waals surface area contributed by atoms with Crippen molar-refractivity contribution in [1.82, 2.24) is 15.1 Å². The summed E-state index contributed by atoms with van der Waals surface area (Å²) < 4.78 is 41.0. The van der Waals surface area contributed by atoms with Crippen LogP contribution >= 0.6 is 0 Å². The van der Waals surface area contributed by atoms with E-state index in [1.165, 1.54) is 17.2 Å². The summed E-state index contributed by atoms with van der Waals surface area (Å²) in [5.41, 5.74) is 0. The molecular formula is C11H12F3N3O3. The Kier molecular flexibility index (Phi) is 3.86. The van der Waals surface area contributed by atoms with E-state index in [4.69, 9.17) is 4.42 Å². The van der Waals surface area contributed by atoms with Gasteiger partial charge in [0.25, 0.3) is 5.91 Å². The number of furan rings is 1. The van der Waals surface area contributed by atoms with E-state index in [1.54, 1.807) is 6.07 Å². The van der Waals surface area contributed by atoms with Crippen LogP contribution < -0.4 is 5.32 Å². The Balaban J connectivity index is 1.86. The highest BCUT2D eigenvalue weighted by Crippen LogP contribution is 2.13. The molecule has 110 valence electrons. The van der Waals surface area contributed by atoms with Crippen LogP contribution in [0.3, 0.4) is 0 Å². The molecule has 1 N–H and O–H groups in total. The van der Waals surface area contributed by atoms with Crippen LogP contribution in [0.2, 0.25) is 0 Å². The Morgan fingerprint density at radius 2 is 1.75 bits per heavy atom. The van der Waals surface area contributed by atoms with Gasteiger partial charge in [-0.15, -0.1) is 0 Å². The van der Waals surface area contributed by atoms with Gasteiger partial charge >= 0.3 is 12.3 Å². The third-order valence-corrected chi connectivity index (χ3v) is 2.83. The Hall–Kier alpha value is -2.19. The van der Waals surface area contributed by atoms with Crippen molar-refractivity contribution in [3.05, 3.63) is 24.2 Å². The number of halogens is 3. The standard InChI is InChI=1S/C11H12F3N3O3/c12-11(13,14)15-10(19)17-5-3-16(4-6-17)9(18)8-2-1-7-20-8/h1-2,7H,3-6H2,(H,15,19). The fraction of sp³-hybridized carbons (Fsp3) is 0.455. The van der Waals surface area contributed by atoms with Gasteiger partial charge < -0.3 is 14.2 Å². The smallest absolute Gasteiger partial charge is 0.459 e. The van der Waals surface area contributed by atoms with E-state index in [0.29, 0.717) is 0 Å². The predicted octanol–water partition coefficient (Wildman–Crippen LogP) is 1.27. The highest BCUT2D eigenvalue weighted by molar-refractivity contribution is 5.91. The zero-order valence-corrected chi connectivity index (χ0v) is 10.3. The lowest BCUT2D eigenvalue weighted by molar-refractivity contribution is -0.147. The molecular weight excluding hydrogens is 279 g/mol. The van der Waals surface area contributed by atoms with Crippen molar-refractivity contribution < 1.29 is 27.2 Å². The molecule has 20 heavy (non-hydrogen) atoms. The summed E-state index contributed by atoms with van der Waals surface area (Å²) in [4.78, 5) is 25.6. The average Bonchev–Trinajstić information content (AvgIpc) is 2.90. The van der Waals surface area contributed by atoms with E-state index < -0.39 is 12.3 Å². The largest absolute Gasteiger partial charge is 0.485 e. The minimum Gasteiger partial charge on any atom is -0.459 e. The van der Waals surface area contributed by atoms with Crippen LogP contribution in [0.5, 0.6) is 0 Å². The maximum Gasteiger partial charge on any atom is 0.485 e. The molecule has 0 saturated carbocycles. The van der Waals surface area contributed by atoms with Gasteiger partial charge in [0.15, 0.2) is 5.76 Å². The van der Waals surface area contributed by atoms with E-state index in [1.807, 2.05) is 0 Å². The maximum absolute atomic E-state index is 12.0. The first-order chi connectivity index (χ1) is 9.37. The molecule has 0 spiro atoms. The number of rotatable bonds is 1. The van der Waals surface area contributed by atoms with Crippen LogP contribution in [-0.2, 0) is 0 Å². The quantitative estimate of drug-likeness (QED) is 0.792. The van der Waals surface area contributed by atoms with E-state index >= 15 is 0 Å². The van der Waals surface area contributed by atoms with Gasteiger partial charge in [-0.2, -0.15) is 13.2 Å². The van der Waals surface area contributed by atoms with E-state index in [9.17, 15) is 22.8 Å². The topological polar surface area (TPSA) is 65.8 Å². The molecule has 6 nitrogen and oxygen atoms in total. The number of amides is 3. The number of piperazine rings is 1. The van der Waals surface area contributed by atoms with Crippen LogP contribution in [0.4, 0.5) is 18.0 Å². The summed E-state index contributed by atoms with van der Waals surface area (Å²) in [6.45, 7) is 0.387. The third kappa shape index (κ3) is 3.43. The molecule has 1 aromatic rings.